The maximum absolute atomic E-state index is 12.4. The largest absolute Gasteiger partial charge is 0.399 e. The van der Waals surface area contributed by atoms with E-state index in [1.807, 2.05) is 53.4 Å². The summed E-state index contributed by atoms with van der Waals surface area (Å²) >= 11 is 5.93. The van der Waals surface area contributed by atoms with E-state index in [4.69, 9.17) is 17.3 Å². The quantitative estimate of drug-likeness (QED) is 0.867. The van der Waals surface area contributed by atoms with Gasteiger partial charge in [0.2, 0.25) is 5.91 Å². The van der Waals surface area contributed by atoms with Gasteiger partial charge >= 0.3 is 0 Å². The summed E-state index contributed by atoms with van der Waals surface area (Å²) in [6.45, 7) is 3.21. The van der Waals surface area contributed by atoms with E-state index in [1.54, 1.807) is 0 Å². The Hall–Kier alpha value is -2.20. The summed E-state index contributed by atoms with van der Waals surface area (Å²) in [6, 6.07) is 15.6. The van der Waals surface area contributed by atoms with Gasteiger partial charge in [-0.1, -0.05) is 29.8 Å². The van der Waals surface area contributed by atoms with Crippen LogP contribution in [-0.2, 0) is 11.2 Å². The van der Waals surface area contributed by atoms with Crippen molar-refractivity contribution in [2.45, 2.75) is 12.8 Å². The molecule has 1 fully saturated rings. The van der Waals surface area contributed by atoms with E-state index < -0.39 is 0 Å². The van der Waals surface area contributed by atoms with Crippen molar-refractivity contribution in [3.8, 4) is 0 Å². The number of hydrogen-bond donors (Lipinski definition) is 1. The first-order valence-corrected chi connectivity index (χ1v) is 8.63. The SMILES string of the molecule is Nc1ccccc1CCC(=O)N1CCN(c2ccc(Cl)cc2)CC1. The van der Waals surface area contributed by atoms with Crippen LogP contribution in [0, 0.1) is 0 Å². The summed E-state index contributed by atoms with van der Waals surface area (Å²) in [5, 5.41) is 0.743. The molecule has 0 saturated carbocycles. The number of carbonyl (C=O) groups excluding carboxylic acids is 1. The van der Waals surface area contributed by atoms with Gasteiger partial charge in [-0.15, -0.1) is 0 Å². The first-order chi connectivity index (χ1) is 11.6. The first kappa shape index (κ1) is 16.7. The smallest absolute Gasteiger partial charge is 0.223 e. The summed E-state index contributed by atoms with van der Waals surface area (Å²) in [4.78, 5) is 16.7. The summed E-state index contributed by atoms with van der Waals surface area (Å²) in [5.41, 5.74) is 8.90. The van der Waals surface area contributed by atoms with E-state index in [2.05, 4.69) is 4.90 Å². The second-order valence-electron chi connectivity index (χ2n) is 6.04. The standard InChI is InChI=1S/C19H22ClN3O/c20-16-6-8-17(9-7-16)22-11-13-23(14-12-22)19(24)10-5-15-3-1-2-4-18(15)21/h1-4,6-9H,5,10-14,21H2. The molecule has 1 aliphatic rings. The number of amides is 1. The number of rotatable bonds is 4. The van der Waals surface area contributed by atoms with Crippen molar-refractivity contribution >= 4 is 28.9 Å². The average Bonchev–Trinajstić information content (AvgIpc) is 2.62. The second kappa shape index (κ2) is 7.58. The Morgan fingerprint density at radius 3 is 2.33 bits per heavy atom. The van der Waals surface area contributed by atoms with Crippen LogP contribution in [0.15, 0.2) is 48.5 Å². The predicted molar refractivity (Wildman–Crippen MR) is 99.4 cm³/mol. The zero-order valence-electron chi connectivity index (χ0n) is 13.6. The number of nitrogen functional groups attached to an aromatic ring is 1. The van der Waals surface area contributed by atoms with Crippen LogP contribution in [0.3, 0.4) is 0 Å². The number of hydrogen-bond acceptors (Lipinski definition) is 3. The Labute approximate surface area is 147 Å². The molecule has 126 valence electrons. The number of aryl methyl sites for hydroxylation is 1. The Morgan fingerprint density at radius 1 is 1.00 bits per heavy atom. The molecule has 0 aromatic heterocycles. The third-order valence-electron chi connectivity index (χ3n) is 4.49. The number of carbonyl (C=O) groups is 1. The second-order valence-corrected chi connectivity index (χ2v) is 6.48. The zero-order chi connectivity index (χ0) is 16.9. The van der Waals surface area contributed by atoms with Crippen molar-refractivity contribution in [2.75, 3.05) is 36.8 Å². The van der Waals surface area contributed by atoms with E-state index in [0.717, 1.165) is 48.1 Å². The molecule has 4 nitrogen and oxygen atoms in total. The number of benzene rings is 2. The molecule has 0 radical (unpaired) electrons. The number of nitrogens with two attached hydrogens (primary N) is 1. The fourth-order valence-corrected chi connectivity index (χ4v) is 3.15. The van der Waals surface area contributed by atoms with E-state index in [9.17, 15) is 4.79 Å². The fourth-order valence-electron chi connectivity index (χ4n) is 3.03. The fraction of sp³-hybridized carbons (Fsp3) is 0.316. The van der Waals surface area contributed by atoms with Crippen LogP contribution in [0.1, 0.15) is 12.0 Å². The summed E-state index contributed by atoms with van der Waals surface area (Å²) in [6.07, 6.45) is 1.21. The number of halogens is 1. The molecule has 5 heteroatoms. The van der Waals surface area contributed by atoms with E-state index >= 15 is 0 Å². The van der Waals surface area contributed by atoms with Crippen molar-refractivity contribution < 1.29 is 4.79 Å². The number of nitrogens with zero attached hydrogens (tertiary/aromatic N) is 2. The molecule has 0 bridgehead atoms. The lowest BCUT2D eigenvalue weighted by molar-refractivity contribution is -0.131. The lowest BCUT2D eigenvalue weighted by Gasteiger charge is -2.36. The number of para-hydroxylation sites is 1. The Kier molecular flexibility index (Phi) is 5.26. The van der Waals surface area contributed by atoms with Crippen LogP contribution >= 0.6 is 11.6 Å². The van der Waals surface area contributed by atoms with Crippen molar-refractivity contribution in [1.82, 2.24) is 4.90 Å². The maximum Gasteiger partial charge on any atom is 0.223 e. The van der Waals surface area contributed by atoms with Gasteiger partial charge in [-0.25, -0.2) is 0 Å². The minimum absolute atomic E-state index is 0.203. The van der Waals surface area contributed by atoms with Gasteiger partial charge in [0.15, 0.2) is 0 Å². The summed E-state index contributed by atoms with van der Waals surface area (Å²) in [5.74, 6) is 0.203. The van der Waals surface area contributed by atoms with E-state index in [0.29, 0.717) is 12.8 Å². The Balaban J connectivity index is 1.50. The molecule has 0 atom stereocenters. The molecule has 1 aliphatic heterocycles. The van der Waals surface area contributed by atoms with E-state index in [1.165, 1.54) is 0 Å². The highest BCUT2D eigenvalue weighted by Crippen LogP contribution is 2.20. The Morgan fingerprint density at radius 2 is 1.67 bits per heavy atom. The first-order valence-electron chi connectivity index (χ1n) is 8.25. The minimum Gasteiger partial charge on any atom is -0.399 e. The van der Waals surface area contributed by atoms with Gasteiger partial charge in [-0.05, 0) is 42.3 Å². The summed E-state index contributed by atoms with van der Waals surface area (Å²) in [7, 11) is 0. The molecule has 1 heterocycles. The van der Waals surface area contributed by atoms with Crippen LogP contribution in [-0.4, -0.2) is 37.0 Å². The van der Waals surface area contributed by atoms with Crippen molar-refractivity contribution in [3.63, 3.8) is 0 Å². The van der Waals surface area contributed by atoms with Crippen molar-refractivity contribution in [2.24, 2.45) is 0 Å². The molecule has 24 heavy (non-hydrogen) atoms. The van der Waals surface area contributed by atoms with Crippen LogP contribution in [0.25, 0.3) is 0 Å². The molecule has 3 rings (SSSR count). The van der Waals surface area contributed by atoms with Gasteiger partial charge in [0.1, 0.15) is 0 Å². The molecule has 0 spiro atoms. The van der Waals surface area contributed by atoms with Gasteiger partial charge in [-0.3, -0.25) is 4.79 Å². The molecule has 1 amide bonds. The molecular weight excluding hydrogens is 322 g/mol. The molecule has 1 saturated heterocycles. The van der Waals surface area contributed by atoms with Crippen LogP contribution in [0.4, 0.5) is 11.4 Å². The highest BCUT2D eigenvalue weighted by molar-refractivity contribution is 6.30. The van der Waals surface area contributed by atoms with Gasteiger partial charge < -0.3 is 15.5 Å². The normalized spacial score (nSPS) is 14.7. The topological polar surface area (TPSA) is 49.6 Å². The third kappa shape index (κ3) is 4.01. The van der Waals surface area contributed by atoms with Crippen LogP contribution < -0.4 is 10.6 Å². The molecule has 0 unspecified atom stereocenters. The zero-order valence-corrected chi connectivity index (χ0v) is 14.4. The molecule has 2 aromatic carbocycles. The number of piperazine rings is 1. The van der Waals surface area contributed by atoms with E-state index in [-0.39, 0.29) is 5.91 Å². The summed E-state index contributed by atoms with van der Waals surface area (Å²) < 4.78 is 0. The monoisotopic (exact) mass is 343 g/mol. The molecule has 2 aromatic rings. The highest BCUT2D eigenvalue weighted by atomic mass is 35.5. The number of anilines is 2. The predicted octanol–water partition coefficient (Wildman–Crippen LogP) is 3.20. The highest BCUT2D eigenvalue weighted by Gasteiger charge is 2.21. The van der Waals surface area contributed by atoms with Gasteiger partial charge in [-0.2, -0.15) is 0 Å². The maximum atomic E-state index is 12.4. The minimum atomic E-state index is 0.203. The van der Waals surface area contributed by atoms with Crippen molar-refractivity contribution in [3.05, 3.63) is 59.1 Å². The van der Waals surface area contributed by atoms with Gasteiger partial charge in [0.05, 0.1) is 0 Å². The lowest BCUT2D eigenvalue weighted by Crippen LogP contribution is -2.48. The third-order valence-corrected chi connectivity index (χ3v) is 4.74. The average molecular weight is 344 g/mol. The van der Waals surface area contributed by atoms with Gasteiger partial charge in [0, 0.05) is 49.0 Å². The molecular formula is C19H22ClN3O. The molecule has 0 aliphatic carbocycles. The Bertz CT molecular complexity index is 694. The molecule has 2 N–H and O–H groups in total. The van der Waals surface area contributed by atoms with Gasteiger partial charge in [0.25, 0.3) is 0 Å². The van der Waals surface area contributed by atoms with Crippen LogP contribution in [0.2, 0.25) is 5.02 Å². The van der Waals surface area contributed by atoms with Crippen LogP contribution in [0.5, 0.6) is 0 Å². The lowest BCUT2D eigenvalue weighted by atomic mass is 10.1. The van der Waals surface area contributed by atoms with Crippen molar-refractivity contribution in [1.29, 1.82) is 0 Å².